The van der Waals surface area contributed by atoms with E-state index in [1.807, 2.05) is 13.2 Å². The van der Waals surface area contributed by atoms with Crippen molar-refractivity contribution in [2.45, 2.75) is 13.3 Å². The third kappa shape index (κ3) is 3.31. The molecule has 0 aromatic carbocycles. The van der Waals surface area contributed by atoms with Crippen LogP contribution >= 0.6 is 0 Å². The predicted molar refractivity (Wildman–Crippen MR) is 68.3 cm³/mol. The Bertz CT molecular complexity index is 593. The Hall–Kier alpha value is -2.37. The molecule has 2 rings (SSSR count). The van der Waals surface area contributed by atoms with Crippen molar-refractivity contribution in [3.05, 3.63) is 41.5 Å². The maximum atomic E-state index is 11.1. The standard InChI is InChI=1S/C13H15N3O3/c1-9-3-4-11(12(15-9)13(17)18)19-6-5-10-7-14-16(2)8-10/h3-4,7-8H,5-6H2,1-2H3,(H,17,18). The summed E-state index contributed by atoms with van der Waals surface area (Å²) in [6.45, 7) is 2.13. The Morgan fingerprint density at radius 3 is 2.89 bits per heavy atom. The lowest BCUT2D eigenvalue weighted by Crippen LogP contribution is -2.08. The van der Waals surface area contributed by atoms with E-state index in [0.29, 0.717) is 24.5 Å². The van der Waals surface area contributed by atoms with Crippen LogP contribution in [0.25, 0.3) is 0 Å². The summed E-state index contributed by atoms with van der Waals surface area (Å²) in [5.74, 6) is -0.790. The van der Waals surface area contributed by atoms with Crippen molar-refractivity contribution < 1.29 is 14.6 Å². The summed E-state index contributed by atoms with van der Waals surface area (Å²) >= 11 is 0. The second kappa shape index (κ2) is 5.51. The molecule has 0 saturated heterocycles. The molecule has 0 amide bonds. The average Bonchev–Trinajstić information content (AvgIpc) is 2.77. The smallest absolute Gasteiger partial charge is 0.358 e. The molecule has 0 aliphatic heterocycles. The molecular formula is C13H15N3O3. The average molecular weight is 261 g/mol. The van der Waals surface area contributed by atoms with Crippen LogP contribution in [0.2, 0.25) is 0 Å². The summed E-state index contributed by atoms with van der Waals surface area (Å²) in [6, 6.07) is 3.36. The molecule has 6 heteroatoms. The first-order valence-electron chi connectivity index (χ1n) is 5.87. The fourth-order valence-corrected chi connectivity index (χ4v) is 1.69. The summed E-state index contributed by atoms with van der Waals surface area (Å²) in [5.41, 5.74) is 1.64. The van der Waals surface area contributed by atoms with Crippen LogP contribution in [0.1, 0.15) is 21.7 Å². The third-order valence-electron chi connectivity index (χ3n) is 2.61. The van der Waals surface area contributed by atoms with Gasteiger partial charge in [-0.1, -0.05) is 0 Å². The van der Waals surface area contributed by atoms with E-state index >= 15 is 0 Å². The van der Waals surface area contributed by atoms with Gasteiger partial charge in [-0.05, 0) is 24.6 Å². The zero-order valence-electron chi connectivity index (χ0n) is 10.8. The highest BCUT2D eigenvalue weighted by Gasteiger charge is 2.13. The van der Waals surface area contributed by atoms with Gasteiger partial charge in [0.25, 0.3) is 0 Å². The van der Waals surface area contributed by atoms with E-state index in [1.54, 1.807) is 29.9 Å². The summed E-state index contributed by atoms with van der Waals surface area (Å²) in [5, 5.41) is 13.1. The van der Waals surface area contributed by atoms with Crippen molar-refractivity contribution in [2.75, 3.05) is 6.61 Å². The molecule has 2 aromatic heterocycles. The molecule has 19 heavy (non-hydrogen) atoms. The van der Waals surface area contributed by atoms with Gasteiger partial charge in [-0.25, -0.2) is 9.78 Å². The van der Waals surface area contributed by atoms with Gasteiger partial charge in [0, 0.05) is 25.4 Å². The van der Waals surface area contributed by atoms with Crippen LogP contribution in [0.15, 0.2) is 24.5 Å². The number of hydrogen-bond acceptors (Lipinski definition) is 4. The van der Waals surface area contributed by atoms with E-state index in [2.05, 4.69) is 10.1 Å². The number of ether oxygens (including phenoxy) is 1. The van der Waals surface area contributed by atoms with Crippen molar-refractivity contribution in [1.29, 1.82) is 0 Å². The van der Waals surface area contributed by atoms with Crippen LogP contribution in [-0.4, -0.2) is 32.4 Å². The molecule has 6 nitrogen and oxygen atoms in total. The Morgan fingerprint density at radius 1 is 1.47 bits per heavy atom. The van der Waals surface area contributed by atoms with Gasteiger partial charge < -0.3 is 9.84 Å². The van der Waals surface area contributed by atoms with Gasteiger partial charge in [-0.2, -0.15) is 5.10 Å². The van der Waals surface area contributed by atoms with Gasteiger partial charge in [0.2, 0.25) is 0 Å². The Morgan fingerprint density at radius 2 is 2.26 bits per heavy atom. The van der Waals surface area contributed by atoms with Crippen molar-refractivity contribution in [1.82, 2.24) is 14.8 Å². The number of rotatable bonds is 5. The fourth-order valence-electron chi connectivity index (χ4n) is 1.69. The number of nitrogens with zero attached hydrogens (tertiary/aromatic N) is 3. The molecule has 0 atom stereocenters. The number of carbonyl (C=O) groups is 1. The molecule has 0 aliphatic rings. The van der Waals surface area contributed by atoms with Gasteiger partial charge in [0.1, 0.15) is 0 Å². The maximum Gasteiger partial charge on any atom is 0.358 e. The minimum atomic E-state index is -1.08. The monoisotopic (exact) mass is 261 g/mol. The van der Waals surface area contributed by atoms with Crippen molar-refractivity contribution in [3.63, 3.8) is 0 Å². The molecule has 100 valence electrons. The van der Waals surface area contributed by atoms with Gasteiger partial charge in [-0.3, -0.25) is 4.68 Å². The number of aromatic carboxylic acids is 1. The lowest BCUT2D eigenvalue weighted by Gasteiger charge is -2.08. The Labute approximate surface area is 110 Å². The fraction of sp³-hybridized carbons (Fsp3) is 0.308. The zero-order chi connectivity index (χ0) is 13.8. The second-order valence-electron chi connectivity index (χ2n) is 4.23. The zero-order valence-corrected chi connectivity index (χ0v) is 10.8. The molecular weight excluding hydrogens is 246 g/mol. The summed E-state index contributed by atoms with van der Waals surface area (Å²) < 4.78 is 7.20. The largest absolute Gasteiger partial charge is 0.491 e. The van der Waals surface area contributed by atoms with E-state index in [4.69, 9.17) is 9.84 Å². The number of carboxylic acids is 1. The summed E-state index contributed by atoms with van der Waals surface area (Å²) in [4.78, 5) is 15.0. The topological polar surface area (TPSA) is 77.2 Å². The minimum absolute atomic E-state index is 0.0498. The maximum absolute atomic E-state index is 11.1. The third-order valence-corrected chi connectivity index (χ3v) is 2.61. The highest BCUT2D eigenvalue weighted by Crippen LogP contribution is 2.17. The molecule has 0 fully saturated rings. The van der Waals surface area contributed by atoms with Crippen molar-refractivity contribution in [2.24, 2.45) is 7.05 Å². The lowest BCUT2D eigenvalue weighted by atomic mass is 10.2. The van der Waals surface area contributed by atoms with Crippen LogP contribution < -0.4 is 4.74 Å². The van der Waals surface area contributed by atoms with Crippen LogP contribution in [0.5, 0.6) is 5.75 Å². The number of pyridine rings is 1. The van der Waals surface area contributed by atoms with Crippen molar-refractivity contribution >= 4 is 5.97 Å². The van der Waals surface area contributed by atoms with Gasteiger partial charge in [0.05, 0.1) is 12.8 Å². The number of aryl methyl sites for hydroxylation is 2. The molecule has 1 N–H and O–H groups in total. The summed E-state index contributed by atoms with van der Waals surface area (Å²) in [6.07, 6.45) is 4.32. The van der Waals surface area contributed by atoms with E-state index < -0.39 is 5.97 Å². The normalized spacial score (nSPS) is 10.4. The molecule has 0 unspecified atom stereocenters. The molecule has 0 radical (unpaired) electrons. The Kier molecular flexibility index (Phi) is 3.79. The first-order chi connectivity index (χ1) is 9.06. The second-order valence-corrected chi connectivity index (χ2v) is 4.23. The minimum Gasteiger partial charge on any atom is -0.491 e. The van der Waals surface area contributed by atoms with Crippen LogP contribution in [0, 0.1) is 6.92 Å². The molecule has 2 heterocycles. The van der Waals surface area contributed by atoms with Crippen LogP contribution in [-0.2, 0) is 13.5 Å². The number of carboxylic acid groups (broad SMARTS) is 1. The van der Waals surface area contributed by atoms with E-state index in [-0.39, 0.29) is 5.69 Å². The molecule has 0 spiro atoms. The van der Waals surface area contributed by atoms with Gasteiger partial charge in [0.15, 0.2) is 11.4 Å². The molecule has 0 aliphatic carbocycles. The first kappa shape index (κ1) is 13.1. The molecule has 0 bridgehead atoms. The van der Waals surface area contributed by atoms with E-state index in [1.165, 1.54) is 0 Å². The van der Waals surface area contributed by atoms with Crippen LogP contribution in [0.4, 0.5) is 0 Å². The first-order valence-corrected chi connectivity index (χ1v) is 5.87. The predicted octanol–water partition coefficient (Wildman–Crippen LogP) is 1.44. The SMILES string of the molecule is Cc1ccc(OCCc2cnn(C)c2)c(C(=O)O)n1. The number of aromatic nitrogens is 3. The quantitative estimate of drug-likeness (QED) is 0.881. The number of hydrogen-bond donors (Lipinski definition) is 1. The molecule has 2 aromatic rings. The van der Waals surface area contributed by atoms with Gasteiger partial charge in [-0.15, -0.1) is 0 Å². The highest BCUT2D eigenvalue weighted by molar-refractivity contribution is 5.88. The lowest BCUT2D eigenvalue weighted by molar-refractivity contribution is 0.0685. The van der Waals surface area contributed by atoms with E-state index in [0.717, 1.165) is 5.56 Å². The molecule has 0 saturated carbocycles. The van der Waals surface area contributed by atoms with Crippen molar-refractivity contribution in [3.8, 4) is 5.75 Å². The highest BCUT2D eigenvalue weighted by atomic mass is 16.5. The van der Waals surface area contributed by atoms with E-state index in [9.17, 15) is 4.79 Å². The Balaban J connectivity index is 2.01. The summed E-state index contributed by atoms with van der Waals surface area (Å²) in [7, 11) is 1.84. The van der Waals surface area contributed by atoms with Gasteiger partial charge >= 0.3 is 5.97 Å². The van der Waals surface area contributed by atoms with Crippen LogP contribution in [0.3, 0.4) is 0 Å².